The van der Waals surface area contributed by atoms with Crippen LogP contribution in [0.15, 0.2) is 46.3 Å². The molecule has 1 aliphatic rings. The van der Waals surface area contributed by atoms with Gasteiger partial charge in [0.1, 0.15) is 0 Å². The number of halogens is 3. The van der Waals surface area contributed by atoms with Crippen LogP contribution in [0.4, 0.5) is 13.2 Å². The molecule has 1 aliphatic heterocycles. The number of fused-ring (bicyclic) bond motifs is 1. The molecule has 0 spiro atoms. The van der Waals surface area contributed by atoms with E-state index in [9.17, 15) is 21.6 Å². The minimum absolute atomic E-state index is 0.106. The van der Waals surface area contributed by atoms with Gasteiger partial charge in [0.15, 0.2) is 9.84 Å². The molecule has 0 unspecified atom stereocenters. The lowest BCUT2D eigenvalue weighted by atomic mass is 9.94. The van der Waals surface area contributed by atoms with E-state index in [1.165, 1.54) is 24.4 Å². The molecule has 0 atom stereocenters. The molecule has 4 nitrogen and oxygen atoms in total. The van der Waals surface area contributed by atoms with E-state index in [4.69, 9.17) is 5.11 Å². The van der Waals surface area contributed by atoms with Crippen LogP contribution in [0, 0.1) is 0 Å². The molecular weight excluding hydrogens is 355 g/mol. The predicted molar refractivity (Wildman–Crippen MR) is 87.3 cm³/mol. The van der Waals surface area contributed by atoms with Crippen LogP contribution in [-0.2, 0) is 22.6 Å². The van der Waals surface area contributed by atoms with Crippen LogP contribution in [0.5, 0.6) is 0 Å². The number of hydrogen-bond donors (Lipinski definition) is 1. The van der Waals surface area contributed by atoms with Gasteiger partial charge in [-0.15, -0.1) is 0 Å². The van der Waals surface area contributed by atoms with Crippen molar-refractivity contribution in [2.45, 2.75) is 17.6 Å². The first-order chi connectivity index (χ1) is 11.7. The Morgan fingerprint density at radius 2 is 1.84 bits per heavy atom. The number of rotatable bonds is 4. The summed E-state index contributed by atoms with van der Waals surface area (Å²) in [5.74, 6) is -0.501. The second-order valence-electron chi connectivity index (χ2n) is 5.60. The van der Waals surface area contributed by atoms with Crippen molar-refractivity contribution < 1.29 is 26.7 Å². The van der Waals surface area contributed by atoms with E-state index < -0.39 is 33.9 Å². The Kier molecular flexibility index (Phi) is 4.42. The quantitative estimate of drug-likeness (QED) is 0.901. The van der Waals surface area contributed by atoms with Gasteiger partial charge in [0, 0.05) is 17.3 Å². The zero-order valence-electron chi connectivity index (χ0n) is 12.9. The Bertz CT molecular complexity index is 950. The number of alkyl halides is 3. The number of aliphatic hydroxyl groups excluding tert-OH is 1. The smallest absolute Gasteiger partial charge is 0.395 e. The van der Waals surface area contributed by atoms with Crippen molar-refractivity contribution in [1.82, 2.24) is 0 Å². The number of hydrogen-bond acceptors (Lipinski definition) is 4. The van der Waals surface area contributed by atoms with Crippen LogP contribution in [0.2, 0.25) is 0 Å². The summed E-state index contributed by atoms with van der Waals surface area (Å²) < 4.78 is 64.4. The largest absolute Gasteiger partial charge is 0.416 e. The fourth-order valence-electron chi connectivity index (χ4n) is 2.81. The van der Waals surface area contributed by atoms with E-state index in [0.717, 1.165) is 12.1 Å². The van der Waals surface area contributed by atoms with E-state index in [0.29, 0.717) is 11.1 Å². The van der Waals surface area contributed by atoms with Gasteiger partial charge >= 0.3 is 6.18 Å². The molecule has 8 heteroatoms. The van der Waals surface area contributed by atoms with Gasteiger partial charge in [0.25, 0.3) is 0 Å². The summed E-state index contributed by atoms with van der Waals surface area (Å²) in [7, 11) is -3.83. The molecule has 0 saturated heterocycles. The van der Waals surface area contributed by atoms with Crippen molar-refractivity contribution in [3.05, 3.63) is 53.1 Å². The maximum absolute atomic E-state index is 13.2. The third kappa shape index (κ3) is 3.32. The fraction of sp³-hybridized carbons (Fsp3) is 0.235. The Labute approximate surface area is 142 Å². The summed E-state index contributed by atoms with van der Waals surface area (Å²) >= 11 is 0. The highest BCUT2D eigenvalue weighted by Crippen LogP contribution is 2.39. The molecule has 1 heterocycles. The molecule has 0 radical (unpaired) electrons. The highest BCUT2D eigenvalue weighted by atomic mass is 32.2. The first-order valence-corrected chi connectivity index (χ1v) is 9.06. The van der Waals surface area contributed by atoms with E-state index in [-0.39, 0.29) is 22.6 Å². The Morgan fingerprint density at radius 1 is 1.12 bits per heavy atom. The van der Waals surface area contributed by atoms with E-state index in [2.05, 4.69) is 4.99 Å². The zero-order chi connectivity index (χ0) is 18.2. The summed E-state index contributed by atoms with van der Waals surface area (Å²) in [6.07, 6.45) is -3.09. The standard InChI is InChI=1S/C17H14F3NO3S/c18-17(19,20)12-7-11-9-21-10-15(11)14(8-12)13-3-1-2-4-16(13)25(23,24)6-5-22/h1-4,7-8,10,22H,5-6,9H2. The molecular formula is C17H14F3NO3S. The Hall–Kier alpha value is -2.19. The van der Waals surface area contributed by atoms with Crippen molar-refractivity contribution in [2.24, 2.45) is 4.99 Å². The lowest BCUT2D eigenvalue weighted by molar-refractivity contribution is -0.137. The summed E-state index contributed by atoms with van der Waals surface area (Å²) in [5.41, 5.74) is 0.384. The van der Waals surface area contributed by atoms with Crippen molar-refractivity contribution in [2.75, 3.05) is 12.4 Å². The summed E-state index contributed by atoms with van der Waals surface area (Å²) in [6, 6.07) is 7.84. The number of benzene rings is 2. The van der Waals surface area contributed by atoms with Crippen molar-refractivity contribution in [3.63, 3.8) is 0 Å². The van der Waals surface area contributed by atoms with E-state index in [1.807, 2.05) is 0 Å². The highest BCUT2D eigenvalue weighted by Gasteiger charge is 2.33. The van der Waals surface area contributed by atoms with Crippen LogP contribution < -0.4 is 0 Å². The van der Waals surface area contributed by atoms with Crippen molar-refractivity contribution >= 4 is 16.1 Å². The third-order valence-electron chi connectivity index (χ3n) is 3.95. The molecule has 1 N–H and O–H groups in total. The molecule has 25 heavy (non-hydrogen) atoms. The lowest BCUT2D eigenvalue weighted by Gasteiger charge is -2.16. The molecule has 2 aromatic rings. The van der Waals surface area contributed by atoms with E-state index >= 15 is 0 Å². The second kappa shape index (κ2) is 6.27. The average molecular weight is 369 g/mol. The van der Waals surface area contributed by atoms with Crippen LogP contribution in [0.1, 0.15) is 16.7 Å². The van der Waals surface area contributed by atoms with Gasteiger partial charge in [-0.3, -0.25) is 4.99 Å². The summed E-state index contributed by atoms with van der Waals surface area (Å²) in [6.45, 7) is -0.448. The molecule has 0 aromatic heterocycles. The molecule has 0 bridgehead atoms. The fourth-order valence-corrected chi connectivity index (χ4v) is 4.07. The zero-order valence-corrected chi connectivity index (χ0v) is 13.7. The van der Waals surface area contributed by atoms with Gasteiger partial charge in [0.2, 0.25) is 0 Å². The number of sulfone groups is 1. The normalized spacial score (nSPS) is 13.9. The second-order valence-corrected chi connectivity index (χ2v) is 7.68. The highest BCUT2D eigenvalue weighted by molar-refractivity contribution is 7.91. The average Bonchev–Trinajstić information content (AvgIpc) is 3.01. The van der Waals surface area contributed by atoms with Gasteiger partial charge in [-0.05, 0) is 29.3 Å². The first-order valence-electron chi connectivity index (χ1n) is 7.41. The van der Waals surface area contributed by atoms with Gasteiger partial charge < -0.3 is 5.11 Å². The number of aliphatic imine (C=N–C) groups is 1. The summed E-state index contributed by atoms with van der Waals surface area (Å²) in [4.78, 5) is 3.90. The van der Waals surface area contributed by atoms with Gasteiger partial charge in [0.05, 0.1) is 29.4 Å². The maximum atomic E-state index is 13.2. The van der Waals surface area contributed by atoms with Crippen LogP contribution in [0.25, 0.3) is 11.1 Å². The summed E-state index contributed by atoms with van der Waals surface area (Å²) in [5, 5.41) is 8.98. The SMILES string of the molecule is O=S(=O)(CCO)c1ccccc1-c1cc(C(F)(F)F)cc2c1C=NC2. The van der Waals surface area contributed by atoms with E-state index in [1.54, 1.807) is 6.07 Å². The minimum atomic E-state index is -4.55. The minimum Gasteiger partial charge on any atom is -0.395 e. The predicted octanol–water partition coefficient (Wildman–Crippen LogP) is 3.07. The number of nitrogens with zero attached hydrogens (tertiary/aromatic N) is 1. The Balaban J connectivity index is 2.28. The van der Waals surface area contributed by atoms with Crippen molar-refractivity contribution in [1.29, 1.82) is 0 Å². The molecule has 2 aromatic carbocycles. The lowest BCUT2D eigenvalue weighted by Crippen LogP contribution is -2.12. The topological polar surface area (TPSA) is 66.7 Å². The molecule has 0 fully saturated rings. The van der Waals surface area contributed by atoms with Gasteiger partial charge in [-0.25, -0.2) is 8.42 Å². The van der Waals surface area contributed by atoms with Gasteiger partial charge in [-0.1, -0.05) is 18.2 Å². The monoisotopic (exact) mass is 369 g/mol. The molecule has 0 saturated carbocycles. The van der Waals surface area contributed by atoms with Gasteiger partial charge in [-0.2, -0.15) is 13.2 Å². The first kappa shape index (κ1) is 17.6. The molecule has 0 amide bonds. The van der Waals surface area contributed by atoms with Crippen LogP contribution >= 0.6 is 0 Å². The maximum Gasteiger partial charge on any atom is 0.416 e. The molecule has 0 aliphatic carbocycles. The third-order valence-corrected chi connectivity index (χ3v) is 5.69. The van der Waals surface area contributed by atoms with Crippen LogP contribution in [-0.4, -0.2) is 32.1 Å². The molecule has 3 rings (SSSR count). The Morgan fingerprint density at radius 3 is 2.52 bits per heavy atom. The van der Waals surface area contributed by atoms with Crippen molar-refractivity contribution in [3.8, 4) is 11.1 Å². The number of aliphatic hydroxyl groups is 1. The molecule has 132 valence electrons. The van der Waals surface area contributed by atoms with Crippen LogP contribution in [0.3, 0.4) is 0 Å².